The first-order valence-corrected chi connectivity index (χ1v) is 7.95. The Morgan fingerprint density at radius 2 is 2.00 bits per heavy atom. The predicted molar refractivity (Wildman–Crippen MR) is 89.4 cm³/mol. The number of hydrogen-bond donors (Lipinski definition) is 0. The second-order valence-electron chi connectivity index (χ2n) is 5.09. The van der Waals surface area contributed by atoms with Gasteiger partial charge in [-0.15, -0.1) is 10.2 Å². The summed E-state index contributed by atoms with van der Waals surface area (Å²) < 4.78 is 14.2. The first-order chi connectivity index (χ1) is 11.7. The van der Waals surface area contributed by atoms with Gasteiger partial charge in [-0.1, -0.05) is 11.3 Å². The number of aromatic nitrogens is 6. The molecule has 3 heterocycles. The SMILES string of the molecule is COc1ccc(OC)c(-c2nn3c(-c4cnn(C)c4)nnc3s2)c1. The summed E-state index contributed by atoms with van der Waals surface area (Å²) in [5.41, 5.74) is 1.71. The van der Waals surface area contributed by atoms with E-state index in [0.717, 1.165) is 27.6 Å². The van der Waals surface area contributed by atoms with E-state index in [2.05, 4.69) is 20.4 Å². The van der Waals surface area contributed by atoms with Gasteiger partial charge in [0.1, 0.15) is 11.5 Å². The lowest BCUT2D eigenvalue weighted by Crippen LogP contribution is -1.93. The maximum Gasteiger partial charge on any atom is 0.235 e. The van der Waals surface area contributed by atoms with Crippen molar-refractivity contribution in [3.63, 3.8) is 0 Å². The van der Waals surface area contributed by atoms with Gasteiger partial charge >= 0.3 is 0 Å². The maximum absolute atomic E-state index is 5.44. The van der Waals surface area contributed by atoms with Crippen molar-refractivity contribution in [3.05, 3.63) is 30.6 Å². The van der Waals surface area contributed by atoms with E-state index < -0.39 is 0 Å². The van der Waals surface area contributed by atoms with E-state index >= 15 is 0 Å². The molecule has 8 nitrogen and oxygen atoms in total. The summed E-state index contributed by atoms with van der Waals surface area (Å²) in [4.78, 5) is 0.703. The molecule has 0 saturated carbocycles. The molecule has 0 spiro atoms. The van der Waals surface area contributed by atoms with Crippen molar-refractivity contribution >= 4 is 16.3 Å². The standard InChI is InChI=1S/C15H14N6O2S/c1-20-8-9(7-16-20)13-17-18-15-21(13)19-14(24-15)11-6-10(22-2)4-5-12(11)23-3/h4-8H,1-3H3. The minimum absolute atomic E-state index is 0.655. The van der Waals surface area contributed by atoms with Gasteiger partial charge in [0, 0.05) is 13.2 Å². The highest BCUT2D eigenvalue weighted by Crippen LogP contribution is 2.36. The van der Waals surface area contributed by atoms with Crippen LogP contribution in [0.3, 0.4) is 0 Å². The number of nitrogens with zero attached hydrogens (tertiary/aromatic N) is 6. The highest BCUT2D eigenvalue weighted by Gasteiger charge is 2.18. The molecule has 0 N–H and O–H groups in total. The summed E-state index contributed by atoms with van der Waals surface area (Å²) in [6.45, 7) is 0. The molecule has 0 saturated heterocycles. The van der Waals surface area contributed by atoms with E-state index in [9.17, 15) is 0 Å². The highest BCUT2D eigenvalue weighted by atomic mass is 32.1. The molecule has 0 aliphatic rings. The summed E-state index contributed by atoms with van der Waals surface area (Å²) in [6.07, 6.45) is 3.61. The van der Waals surface area contributed by atoms with Crippen LogP contribution in [0.5, 0.6) is 11.5 Å². The van der Waals surface area contributed by atoms with Crippen LogP contribution in [-0.2, 0) is 7.05 Å². The minimum Gasteiger partial charge on any atom is -0.497 e. The molecule has 4 rings (SSSR count). The molecule has 0 atom stereocenters. The first kappa shape index (κ1) is 14.6. The van der Waals surface area contributed by atoms with Crippen molar-refractivity contribution in [2.45, 2.75) is 0 Å². The number of hydrogen-bond acceptors (Lipinski definition) is 7. The molecule has 0 amide bonds. The van der Waals surface area contributed by atoms with Gasteiger partial charge in [-0.05, 0) is 18.2 Å². The third-order valence-electron chi connectivity index (χ3n) is 3.59. The smallest absolute Gasteiger partial charge is 0.235 e. The molecule has 0 unspecified atom stereocenters. The van der Waals surface area contributed by atoms with E-state index in [0.29, 0.717) is 10.8 Å². The maximum atomic E-state index is 5.44. The van der Waals surface area contributed by atoms with Crippen LogP contribution in [0.1, 0.15) is 0 Å². The van der Waals surface area contributed by atoms with Gasteiger partial charge in [0.25, 0.3) is 0 Å². The summed E-state index contributed by atoms with van der Waals surface area (Å²) >= 11 is 1.44. The van der Waals surface area contributed by atoms with E-state index in [4.69, 9.17) is 9.47 Å². The molecule has 9 heteroatoms. The number of methoxy groups -OCH3 is 2. The van der Waals surface area contributed by atoms with E-state index in [1.54, 1.807) is 29.6 Å². The van der Waals surface area contributed by atoms with Crippen molar-refractivity contribution in [1.29, 1.82) is 0 Å². The lowest BCUT2D eigenvalue weighted by Gasteiger charge is -2.07. The van der Waals surface area contributed by atoms with Crippen LogP contribution in [0.2, 0.25) is 0 Å². The molecule has 1 aromatic carbocycles. The van der Waals surface area contributed by atoms with Crippen LogP contribution < -0.4 is 9.47 Å². The van der Waals surface area contributed by atoms with E-state index in [1.807, 2.05) is 31.4 Å². The molecule has 0 aliphatic carbocycles. The van der Waals surface area contributed by atoms with Gasteiger partial charge in [0.15, 0.2) is 10.8 Å². The summed E-state index contributed by atoms with van der Waals surface area (Å²) in [5, 5.41) is 18.0. The van der Waals surface area contributed by atoms with Gasteiger partial charge in [-0.25, -0.2) is 0 Å². The Morgan fingerprint density at radius 1 is 1.12 bits per heavy atom. The average Bonchev–Trinajstić information content (AvgIpc) is 3.29. The Morgan fingerprint density at radius 3 is 2.71 bits per heavy atom. The first-order valence-electron chi connectivity index (χ1n) is 7.13. The number of aryl methyl sites for hydroxylation is 1. The van der Waals surface area contributed by atoms with Crippen LogP contribution in [0.25, 0.3) is 26.9 Å². The zero-order valence-electron chi connectivity index (χ0n) is 13.3. The Bertz CT molecular complexity index is 1020. The van der Waals surface area contributed by atoms with Crippen LogP contribution in [0.4, 0.5) is 0 Å². The second kappa shape index (κ2) is 5.60. The zero-order valence-corrected chi connectivity index (χ0v) is 14.1. The normalized spacial score (nSPS) is 11.1. The fourth-order valence-corrected chi connectivity index (χ4v) is 3.28. The zero-order chi connectivity index (χ0) is 16.7. The number of fused-ring (bicyclic) bond motifs is 1. The molecule has 0 bridgehead atoms. The molecule has 4 aromatic rings. The average molecular weight is 342 g/mol. The van der Waals surface area contributed by atoms with Crippen LogP contribution in [0, 0.1) is 0 Å². The van der Waals surface area contributed by atoms with Crippen LogP contribution in [0.15, 0.2) is 30.6 Å². The summed E-state index contributed by atoms with van der Waals surface area (Å²) in [6, 6.07) is 5.61. The monoisotopic (exact) mass is 342 g/mol. The van der Waals surface area contributed by atoms with E-state index in [1.165, 1.54) is 11.3 Å². The minimum atomic E-state index is 0.655. The molecule has 24 heavy (non-hydrogen) atoms. The predicted octanol–water partition coefficient (Wildman–Crippen LogP) is 2.27. The van der Waals surface area contributed by atoms with Gasteiger partial charge < -0.3 is 9.47 Å². The number of ether oxygens (including phenoxy) is 2. The fraction of sp³-hybridized carbons (Fsp3) is 0.200. The summed E-state index contributed by atoms with van der Waals surface area (Å²) in [5.74, 6) is 2.12. The quantitative estimate of drug-likeness (QED) is 0.566. The van der Waals surface area contributed by atoms with Crippen molar-refractivity contribution < 1.29 is 9.47 Å². The molecule has 122 valence electrons. The van der Waals surface area contributed by atoms with Crippen molar-refractivity contribution in [2.75, 3.05) is 14.2 Å². The number of benzene rings is 1. The molecule has 0 fully saturated rings. The Balaban J connectivity index is 1.86. The topological polar surface area (TPSA) is 79.4 Å². The Kier molecular flexibility index (Phi) is 3.42. The van der Waals surface area contributed by atoms with Gasteiger partial charge in [0.05, 0.1) is 31.5 Å². The van der Waals surface area contributed by atoms with E-state index in [-0.39, 0.29) is 0 Å². The van der Waals surface area contributed by atoms with Gasteiger partial charge in [0.2, 0.25) is 4.96 Å². The molecular formula is C15H14N6O2S. The molecule has 0 radical (unpaired) electrons. The van der Waals surface area contributed by atoms with Crippen molar-refractivity contribution in [3.8, 4) is 33.5 Å². The molecule has 3 aromatic heterocycles. The lowest BCUT2D eigenvalue weighted by molar-refractivity contribution is 0.404. The lowest BCUT2D eigenvalue weighted by atomic mass is 10.2. The third kappa shape index (κ3) is 2.29. The molecule has 0 aliphatic heterocycles. The van der Waals surface area contributed by atoms with Crippen LogP contribution in [-0.4, -0.2) is 43.8 Å². The Labute approximate surface area is 141 Å². The van der Waals surface area contributed by atoms with Crippen LogP contribution >= 0.6 is 11.3 Å². The number of rotatable bonds is 4. The largest absolute Gasteiger partial charge is 0.497 e. The highest BCUT2D eigenvalue weighted by molar-refractivity contribution is 7.19. The third-order valence-corrected chi connectivity index (χ3v) is 4.52. The second-order valence-corrected chi connectivity index (χ2v) is 6.05. The summed E-state index contributed by atoms with van der Waals surface area (Å²) in [7, 11) is 5.12. The molecular weight excluding hydrogens is 328 g/mol. The van der Waals surface area contributed by atoms with Crippen molar-refractivity contribution in [2.24, 2.45) is 7.05 Å². The Hall–Kier alpha value is -2.94. The fourth-order valence-electron chi connectivity index (χ4n) is 2.42. The van der Waals surface area contributed by atoms with Gasteiger partial charge in [-0.2, -0.15) is 14.7 Å². The van der Waals surface area contributed by atoms with Crippen molar-refractivity contribution in [1.82, 2.24) is 29.6 Å². The van der Waals surface area contributed by atoms with Gasteiger partial charge in [-0.3, -0.25) is 4.68 Å².